The van der Waals surface area contributed by atoms with Crippen molar-refractivity contribution in [1.82, 2.24) is 9.97 Å². The molecule has 0 amide bonds. The largest absolute Gasteiger partial charge is 0.444 e. The van der Waals surface area contributed by atoms with E-state index in [1.54, 1.807) is 18.6 Å². The van der Waals surface area contributed by atoms with Crippen LogP contribution in [0.2, 0.25) is 0 Å². The summed E-state index contributed by atoms with van der Waals surface area (Å²) < 4.78 is 5.23. The van der Waals surface area contributed by atoms with Gasteiger partial charge in [-0.15, -0.1) is 0 Å². The molecule has 0 saturated carbocycles. The molecule has 0 atom stereocenters. The smallest absolute Gasteiger partial charge is 0.181 e. The Bertz CT molecular complexity index is 676. The van der Waals surface area contributed by atoms with E-state index in [2.05, 4.69) is 20.2 Å². The highest BCUT2D eigenvalue weighted by Gasteiger charge is 2.00. The van der Waals surface area contributed by atoms with Crippen molar-refractivity contribution in [3.05, 3.63) is 66.9 Å². The topological polar surface area (TPSA) is 63.6 Å². The van der Waals surface area contributed by atoms with Crippen molar-refractivity contribution >= 4 is 5.69 Å². The van der Waals surface area contributed by atoms with Crippen LogP contribution in [0.5, 0.6) is 0 Å². The molecule has 3 rings (SSSR count). The molecule has 0 aliphatic heterocycles. The second kappa shape index (κ2) is 5.88. The van der Waals surface area contributed by atoms with Crippen molar-refractivity contribution < 1.29 is 4.42 Å². The van der Waals surface area contributed by atoms with E-state index in [1.807, 2.05) is 36.4 Å². The molecule has 5 nitrogen and oxygen atoms in total. The van der Waals surface area contributed by atoms with Gasteiger partial charge < -0.3 is 4.42 Å². The molecule has 1 aromatic carbocycles. The van der Waals surface area contributed by atoms with Gasteiger partial charge in [-0.3, -0.25) is 4.98 Å². The molecule has 2 heterocycles. The maximum absolute atomic E-state index is 5.23. The molecule has 3 aromatic rings. The molecule has 0 aliphatic carbocycles. The Morgan fingerprint density at radius 1 is 1.00 bits per heavy atom. The van der Waals surface area contributed by atoms with E-state index in [9.17, 15) is 0 Å². The molecule has 2 aromatic heterocycles. The summed E-state index contributed by atoms with van der Waals surface area (Å²) in [4.78, 5) is 7.92. The van der Waals surface area contributed by atoms with Crippen molar-refractivity contribution in [2.24, 2.45) is 10.2 Å². The highest BCUT2D eigenvalue weighted by Crippen LogP contribution is 2.22. The quantitative estimate of drug-likeness (QED) is 0.668. The number of oxazole rings is 1. The van der Waals surface area contributed by atoms with Gasteiger partial charge in [-0.25, -0.2) is 4.98 Å². The third kappa shape index (κ3) is 2.95. The Balaban J connectivity index is 1.66. The third-order valence-electron chi connectivity index (χ3n) is 2.75. The summed E-state index contributed by atoms with van der Waals surface area (Å²) in [5, 5.41) is 8.33. The highest BCUT2D eigenvalue weighted by molar-refractivity contribution is 5.59. The van der Waals surface area contributed by atoms with Gasteiger partial charge >= 0.3 is 0 Å². The summed E-state index contributed by atoms with van der Waals surface area (Å²) >= 11 is 0. The van der Waals surface area contributed by atoms with Crippen LogP contribution in [-0.4, -0.2) is 9.97 Å². The first-order valence-corrected chi connectivity index (χ1v) is 6.17. The maximum atomic E-state index is 5.23. The van der Waals surface area contributed by atoms with Crippen molar-refractivity contribution in [3.63, 3.8) is 0 Å². The maximum Gasteiger partial charge on any atom is 0.181 e. The zero-order valence-corrected chi connectivity index (χ0v) is 10.7. The average Bonchev–Trinajstić information content (AvgIpc) is 3.03. The lowest BCUT2D eigenvalue weighted by Gasteiger charge is -1.97. The Hall–Kier alpha value is -2.82. The van der Waals surface area contributed by atoms with E-state index in [4.69, 9.17) is 4.42 Å². The second-order valence-corrected chi connectivity index (χ2v) is 4.17. The van der Waals surface area contributed by atoms with E-state index < -0.39 is 0 Å². The molecule has 0 saturated heterocycles. The molecule has 0 fully saturated rings. The predicted octanol–water partition coefficient (Wildman–Crippen LogP) is 4.02. The number of nitrogens with zero attached hydrogens (tertiary/aromatic N) is 4. The summed E-state index contributed by atoms with van der Waals surface area (Å²) in [6.07, 6.45) is 6.62. The van der Waals surface area contributed by atoms with Crippen LogP contribution >= 0.6 is 0 Å². The Labute approximate surface area is 116 Å². The lowest BCUT2D eigenvalue weighted by molar-refractivity contribution is 0.572. The first kappa shape index (κ1) is 12.2. The van der Waals surface area contributed by atoms with Gasteiger partial charge in [0, 0.05) is 18.0 Å². The number of azo groups is 1. The molecule has 98 valence electrons. The average molecular weight is 264 g/mol. The molecular weight excluding hydrogens is 252 g/mol. The van der Waals surface area contributed by atoms with Crippen molar-refractivity contribution in [2.45, 2.75) is 6.54 Å². The number of hydrogen-bond acceptors (Lipinski definition) is 5. The fourth-order valence-electron chi connectivity index (χ4n) is 1.74. The van der Waals surface area contributed by atoms with Gasteiger partial charge in [-0.2, -0.15) is 10.2 Å². The highest BCUT2D eigenvalue weighted by atomic mass is 16.3. The van der Waals surface area contributed by atoms with Gasteiger partial charge in [-0.1, -0.05) is 6.07 Å². The number of rotatable bonds is 4. The first-order chi connectivity index (χ1) is 9.92. The minimum Gasteiger partial charge on any atom is -0.444 e. The summed E-state index contributed by atoms with van der Waals surface area (Å²) in [5.74, 6) is 0.740. The standard InChI is InChI=1S/C15H12N4O/c1-2-12(8-16-7-1)9-18-19-14-5-3-13(4-6-14)15-10-17-11-20-15/h1-8,10-11H,9H2. The predicted molar refractivity (Wildman–Crippen MR) is 74.4 cm³/mol. The number of aromatic nitrogens is 2. The number of hydrogen-bond donors (Lipinski definition) is 0. The van der Waals surface area contributed by atoms with E-state index >= 15 is 0 Å². The van der Waals surface area contributed by atoms with Crippen LogP contribution in [0, 0.1) is 0 Å². The zero-order valence-electron chi connectivity index (χ0n) is 10.7. The van der Waals surface area contributed by atoms with E-state index in [1.165, 1.54) is 6.39 Å². The van der Waals surface area contributed by atoms with Crippen LogP contribution < -0.4 is 0 Å². The lowest BCUT2D eigenvalue weighted by Crippen LogP contribution is -1.80. The molecule has 5 heteroatoms. The third-order valence-corrected chi connectivity index (χ3v) is 2.75. The molecule has 0 N–H and O–H groups in total. The van der Waals surface area contributed by atoms with Gasteiger partial charge in [-0.05, 0) is 35.9 Å². The van der Waals surface area contributed by atoms with Crippen LogP contribution in [0.15, 0.2) is 76.0 Å². The fourth-order valence-corrected chi connectivity index (χ4v) is 1.74. The number of pyridine rings is 1. The Morgan fingerprint density at radius 3 is 2.60 bits per heavy atom. The molecule has 0 bridgehead atoms. The summed E-state index contributed by atoms with van der Waals surface area (Å²) in [5.41, 5.74) is 2.81. The van der Waals surface area contributed by atoms with Gasteiger partial charge in [0.15, 0.2) is 12.2 Å². The second-order valence-electron chi connectivity index (χ2n) is 4.17. The normalized spacial score (nSPS) is 11.0. The van der Waals surface area contributed by atoms with Crippen LogP contribution in [0.3, 0.4) is 0 Å². The van der Waals surface area contributed by atoms with Crippen LogP contribution in [0.4, 0.5) is 5.69 Å². The Kier molecular flexibility index (Phi) is 3.59. The Morgan fingerprint density at radius 2 is 1.90 bits per heavy atom. The van der Waals surface area contributed by atoms with Crippen molar-refractivity contribution in [3.8, 4) is 11.3 Å². The fraction of sp³-hybridized carbons (Fsp3) is 0.0667. The van der Waals surface area contributed by atoms with Gasteiger partial charge in [0.2, 0.25) is 0 Å². The molecule has 0 aliphatic rings. The van der Waals surface area contributed by atoms with Gasteiger partial charge in [0.25, 0.3) is 0 Å². The van der Waals surface area contributed by atoms with Crippen LogP contribution in [0.25, 0.3) is 11.3 Å². The monoisotopic (exact) mass is 264 g/mol. The summed E-state index contributed by atoms with van der Waals surface area (Å²) in [7, 11) is 0. The molecular formula is C15H12N4O. The van der Waals surface area contributed by atoms with Crippen LogP contribution in [0.1, 0.15) is 5.56 Å². The molecule has 20 heavy (non-hydrogen) atoms. The minimum atomic E-state index is 0.525. The van der Waals surface area contributed by atoms with Crippen molar-refractivity contribution in [2.75, 3.05) is 0 Å². The van der Waals surface area contributed by atoms with E-state index in [0.717, 1.165) is 22.6 Å². The van der Waals surface area contributed by atoms with Gasteiger partial charge in [0.05, 0.1) is 18.4 Å². The van der Waals surface area contributed by atoms with E-state index in [-0.39, 0.29) is 0 Å². The summed E-state index contributed by atoms with van der Waals surface area (Å²) in [6.45, 7) is 0.525. The molecule has 0 spiro atoms. The van der Waals surface area contributed by atoms with Crippen LogP contribution in [-0.2, 0) is 6.54 Å². The minimum absolute atomic E-state index is 0.525. The molecule has 0 radical (unpaired) electrons. The number of benzene rings is 1. The zero-order chi connectivity index (χ0) is 13.6. The molecule has 0 unspecified atom stereocenters. The summed E-state index contributed by atoms with van der Waals surface area (Å²) in [6, 6.07) is 11.5. The SMILES string of the molecule is c1cncc(CN=Nc2ccc(-c3cnco3)cc2)c1. The first-order valence-electron chi connectivity index (χ1n) is 6.17. The van der Waals surface area contributed by atoms with Gasteiger partial charge in [0.1, 0.15) is 0 Å². The van der Waals surface area contributed by atoms with Crippen molar-refractivity contribution in [1.29, 1.82) is 0 Å². The lowest BCUT2D eigenvalue weighted by atomic mass is 10.2. The van der Waals surface area contributed by atoms with E-state index in [0.29, 0.717) is 6.54 Å².